The maximum Gasteiger partial charge on any atom is 0.259 e. The van der Waals surface area contributed by atoms with Crippen molar-refractivity contribution in [2.75, 3.05) is 13.7 Å². The van der Waals surface area contributed by atoms with E-state index in [-0.39, 0.29) is 5.56 Å². The number of nitrogens with one attached hydrogen (secondary N) is 1. The molecule has 0 radical (unpaired) electrons. The van der Waals surface area contributed by atoms with E-state index in [0.29, 0.717) is 35.5 Å². The minimum Gasteiger partial charge on any atom is -0.493 e. The molecule has 2 aromatic carbocycles. The van der Waals surface area contributed by atoms with Crippen LogP contribution in [-0.2, 0) is 6.42 Å². The number of nitrogens with zero attached hydrogens (tertiary/aromatic N) is 1. The molecular formula is C22H24N2O3. The lowest BCUT2D eigenvalue weighted by Crippen LogP contribution is -2.10. The molecule has 27 heavy (non-hydrogen) atoms. The van der Waals surface area contributed by atoms with E-state index in [1.165, 1.54) is 0 Å². The van der Waals surface area contributed by atoms with Crippen LogP contribution in [0.2, 0.25) is 0 Å². The fourth-order valence-electron chi connectivity index (χ4n) is 2.96. The minimum atomic E-state index is -0.164. The molecule has 5 nitrogen and oxygen atoms in total. The first-order chi connectivity index (χ1) is 13.2. The minimum absolute atomic E-state index is 0.164. The van der Waals surface area contributed by atoms with Gasteiger partial charge >= 0.3 is 0 Å². The van der Waals surface area contributed by atoms with Gasteiger partial charge < -0.3 is 14.5 Å². The summed E-state index contributed by atoms with van der Waals surface area (Å²) < 4.78 is 11.5. The Morgan fingerprint density at radius 2 is 2.07 bits per heavy atom. The van der Waals surface area contributed by atoms with Crippen molar-refractivity contribution in [1.82, 2.24) is 9.97 Å². The summed E-state index contributed by atoms with van der Waals surface area (Å²) in [7, 11) is 1.61. The van der Waals surface area contributed by atoms with Gasteiger partial charge in [0.1, 0.15) is 5.82 Å². The number of aromatic nitrogens is 2. The summed E-state index contributed by atoms with van der Waals surface area (Å²) in [6.45, 7) is 6.58. The second kappa shape index (κ2) is 8.54. The highest BCUT2D eigenvalue weighted by Crippen LogP contribution is 2.36. The molecule has 3 aromatic rings. The number of H-pyrrole nitrogens is 1. The Hall–Kier alpha value is -3.08. The third-order valence-corrected chi connectivity index (χ3v) is 4.35. The summed E-state index contributed by atoms with van der Waals surface area (Å²) in [5.74, 6) is 1.84. The van der Waals surface area contributed by atoms with Gasteiger partial charge in [0.25, 0.3) is 5.56 Å². The van der Waals surface area contributed by atoms with Crippen molar-refractivity contribution in [2.24, 2.45) is 0 Å². The highest BCUT2D eigenvalue weighted by molar-refractivity contribution is 5.79. The average Bonchev–Trinajstić information content (AvgIpc) is 2.69. The normalized spacial score (nSPS) is 10.7. The summed E-state index contributed by atoms with van der Waals surface area (Å²) in [5, 5.41) is 0.569. The third-order valence-electron chi connectivity index (χ3n) is 4.35. The number of aromatic amines is 1. The molecule has 0 bridgehead atoms. The second-order valence-electron chi connectivity index (χ2n) is 6.29. The van der Waals surface area contributed by atoms with Gasteiger partial charge in [0.15, 0.2) is 11.5 Å². The van der Waals surface area contributed by atoms with Crippen LogP contribution in [0.1, 0.15) is 25.3 Å². The highest BCUT2D eigenvalue weighted by Gasteiger charge is 2.15. The molecule has 0 aliphatic carbocycles. The number of benzene rings is 2. The Labute approximate surface area is 158 Å². The van der Waals surface area contributed by atoms with E-state index < -0.39 is 0 Å². The Morgan fingerprint density at radius 3 is 2.81 bits per heavy atom. The van der Waals surface area contributed by atoms with Crippen LogP contribution in [0.4, 0.5) is 0 Å². The van der Waals surface area contributed by atoms with Crippen LogP contribution in [0.15, 0.2) is 53.8 Å². The van der Waals surface area contributed by atoms with Crippen molar-refractivity contribution >= 4 is 10.9 Å². The molecule has 0 amide bonds. The number of para-hydroxylation sites is 1. The van der Waals surface area contributed by atoms with Crippen LogP contribution in [0, 0.1) is 0 Å². The Morgan fingerprint density at radius 1 is 1.26 bits per heavy atom. The van der Waals surface area contributed by atoms with Crippen LogP contribution in [0.5, 0.6) is 11.5 Å². The van der Waals surface area contributed by atoms with Crippen molar-refractivity contribution in [3.8, 4) is 22.9 Å². The quantitative estimate of drug-likeness (QED) is 0.472. The molecule has 0 fully saturated rings. The molecule has 0 saturated heterocycles. The first-order valence-corrected chi connectivity index (χ1v) is 9.12. The third kappa shape index (κ3) is 4.03. The molecule has 0 atom stereocenters. The predicted molar refractivity (Wildman–Crippen MR) is 109 cm³/mol. The lowest BCUT2D eigenvalue weighted by Gasteiger charge is -2.16. The number of ether oxygens (including phenoxy) is 2. The molecule has 1 N–H and O–H groups in total. The fraction of sp³-hybridized carbons (Fsp3) is 0.273. The summed E-state index contributed by atoms with van der Waals surface area (Å²) >= 11 is 0. The van der Waals surface area contributed by atoms with Gasteiger partial charge in [-0.2, -0.15) is 0 Å². The van der Waals surface area contributed by atoms with E-state index in [9.17, 15) is 4.79 Å². The van der Waals surface area contributed by atoms with Crippen LogP contribution in [-0.4, -0.2) is 23.7 Å². The SMILES string of the molecule is C=CCc1cc(-c2nc3ccccc3c(=O)[nH]2)cc(OC)c1OCCCC. The number of fused-ring (bicyclic) bond motifs is 1. The summed E-state index contributed by atoms with van der Waals surface area (Å²) in [5.41, 5.74) is 2.22. The van der Waals surface area contributed by atoms with Crippen LogP contribution >= 0.6 is 0 Å². The lowest BCUT2D eigenvalue weighted by molar-refractivity contribution is 0.286. The number of hydrogen-bond donors (Lipinski definition) is 1. The monoisotopic (exact) mass is 364 g/mol. The van der Waals surface area contributed by atoms with Crippen molar-refractivity contribution in [1.29, 1.82) is 0 Å². The molecule has 1 heterocycles. The van der Waals surface area contributed by atoms with Gasteiger partial charge in [-0.3, -0.25) is 4.79 Å². The zero-order chi connectivity index (χ0) is 19.2. The van der Waals surface area contributed by atoms with Gasteiger partial charge in [0, 0.05) is 11.1 Å². The highest BCUT2D eigenvalue weighted by atomic mass is 16.5. The van der Waals surface area contributed by atoms with Gasteiger partial charge in [-0.1, -0.05) is 31.6 Å². The van der Waals surface area contributed by atoms with Crippen LogP contribution in [0.3, 0.4) is 0 Å². The molecule has 0 spiro atoms. The van der Waals surface area contributed by atoms with E-state index in [4.69, 9.17) is 9.47 Å². The number of hydrogen-bond acceptors (Lipinski definition) is 4. The lowest BCUT2D eigenvalue weighted by atomic mass is 10.0. The first-order valence-electron chi connectivity index (χ1n) is 9.12. The Bertz CT molecular complexity index is 1010. The predicted octanol–water partition coefficient (Wildman–Crippen LogP) is 4.51. The number of methoxy groups -OCH3 is 1. The molecule has 0 aliphatic rings. The number of unbranched alkanes of at least 4 members (excludes halogenated alkanes) is 1. The molecule has 0 saturated carbocycles. The van der Waals surface area contributed by atoms with E-state index in [2.05, 4.69) is 23.5 Å². The Balaban J connectivity index is 2.11. The summed E-state index contributed by atoms with van der Waals surface area (Å²) in [4.78, 5) is 19.9. The van der Waals surface area contributed by atoms with Gasteiger partial charge in [-0.25, -0.2) is 4.98 Å². The molecule has 140 valence electrons. The van der Waals surface area contributed by atoms with Crippen molar-refractivity contribution in [3.63, 3.8) is 0 Å². The van der Waals surface area contributed by atoms with E-state index in [1.54, 1.807) is 13.2 Å². The number of rotatable bonds is 8. The van der Waals surface area contributed by atoms with Gasteiger partial charge in [-0.15, -0.1) is 6.58 Å². The number of allylic oxidation sites excluding steroid dienone is 1. The maximum absolute atomic E-state index is 12.4. The average molecular weight is 364 g/mol. The summed E-state index contributed by atoms with van der Waals surface area (Å²) in [6.07, 6.45) is 4.47. The largest absolute Gasteiger partial charge is 0.493 e. The van der Waals surface area contributed by atoms with E-state index in [0.717, 1.165) is 29.7 Å². The zero-order valence-electron chi connectivity index (χ0n) is 15.7. The smallest absolute Gasteiger partial charge is 0.259 e. The van der Waals surface area contributed by atoms with Crippen molar-refractivity contribution in [2.45, 2.75) is 26.2 Å². The van der Waals surface area contributed by atoms with Crippen LogP contribution < -0.4 is 15.0 Å². The van der Waals surface area contributed by atoms with Crippen molar-refractivity contribution in [3.05, 3.63) is 65.0 Å². The Kier molecular flexibility index (Phi) is 5.91. The maximum atomic E-state index is 12.4. The molecule has 1 aromatic heterocycles. The molecule has 0 unspecified atom stereocenters. The molecule has 3 rings (SSSR count). The standard InChI is InChI=1S/C22H24N2O3/c1-4-6-12-27-20-15(9-5-2)13-16(14-19(20)26-3)21-23-18-11-8-7-10-17(18)22(25)24-21/h5,7-8,10-11,13-14H,2,4,6,9,12H2,1,3H3,(H,23,24,25). The first kappa shape index (κ1) is 18.7. The molecular weight excluding hydrogens is 340 g/mol. The van der Waals surface area contributed by atoms with Gasteiger partial charge in [0.2, 0.25) is 0 Å². The van der Waals surface area contributed by atoms with Gasteiger partial charge in [0.05, 0.1) is 24.6 Å². The molecule has 5 heteroatoms. The van der Waals surface area contributed by atoms with Gasteiger partial charge in [-0.05, 0) is 37.1 Å². The second-order valence-corrected chi connectivity index (χ2v) is 6.29. The van der Waals surface area contributed by atoms with Crippen LogP contribution in [0.25, 0.3) is 22.3 Å². The fourth-order valence-corrected chi connectivity index (χ4v) is 2.96. The van der Waals surface area contributed by atoms with E-state index in [1.807, 2.05) is 36.4 Å². The molecule has 0 aliphatic heterocycles. The topological polar surface area (TPSA) is 64.2 Å². The summed E-state index contributed by atoms with van der Waals surface area (Å²) in [6, 6.07) is 11.1. The zero-order valence-corrected chi connectivity index (χ0v) is 15.7. The van der Waals surface area contributed by atoms with E-state index >= 15 is 0 Å². The van der Waals surface area contributed by atoms with Crippen molar-refractivity contribution < 1.29 is 9.47 Å².